The van der Waals surface area contributed by atoms with Crippen LogP contribution in [0.1, 0.15) is 52.4 Å². The summed E-state index contributed by atoms with van der Waals surface area (Å²) in [6, 6.07) is 0. The molecule has 0 saturated heterocycles. The maximum Gasteiger partial charge on any atom is 0.0767 e. The van der Waals surface area contributed by atoms with Crippen molar-refractivity contribution in [2.45, 2.75) is 58.0 Å². The van der Waals surface area contributed by atoms with Crippen LogP contribution >= 0.6 is 11.8 Å². The predicted octanol–water partition coefficient (Wildman–Crippen LogP) is 2.79. The Kier molecular flexibility index (Phi) is 9.66. The second kappa shape index (κ2) is 9.49. The van der Waals surface area contributed by atoms with Crippen molar-refractivity contribution in [2.24, 2.45) is 5.73 Å². The standard InChI is InChI=1S/C12H27NOS/c1-3-5-6-9-15-10-7-8-12(14,4-2)11-13/h14H,3-11,13H2,1-2H3. The van der Waals surface area contributed by atoms with Crippen molar-refractivity contribution in [3.05, 3.63) is 0 Å². The number of hydrogen-bond acceptors (Lipinski definition) is 3. The largest absolute Gasteiger partial charge is 0.389 e. The van der Waals surface area contributed by atoms with E-state index in [2.05, 4.69) is 6.92 Å². The Labute approximate surface area is 99.0 Å². The highest BCUT2D eigenvalue weighted by Gasteiger charge is 2.21. The lowest BCUT2D eigenvalue weighted by molar-refractivity contribution is 0.0360. The van der Waals surface area contributed by atoms with Crippen LogP contribution in [0.15, 0.2) is 0 Å². The fourth-order valence-electron chi connectivity index (χ4n) is 1.48. The highest BCUT2D eigenvalue weighted by molar-refractivity contribution is 7.99. The van der Waals surface area contributed by atoms with Crippen LogP contribution in [0.5, 0.6) is 0 Å². The molecule has 0 fully saturated rings. The molecule has 0 aliphatic rings. The van der Waals surface area contributed by atoms with Gasteiger partial charge in [0.15, 0.2) is 0 Å². The van der Waals surface area contributed by atoms with Gasteiger partial charge in [-0.15, -0.1) is 0 Å². The molecule has 3 heteroatoms. The van der Waals surface area contributed by atoms with Crippen molar-refractivity contribution in [3.8, 4) is 0 Å². The van der Waals surface area contributed by atoms with Crippen LogP contribution in [0, 0.1) is 0 Å². The zero-order valence-electron chi connectivity index (χ0n) is 10.3. The SMILES string of the molecule is CCCCCSCCCC(O)(CC)CN. The molecule has 0 rings (SSSR count). The Bertz CT molecular complexity index is 138. The van der Waals surface area contributed by atoms with E-state index in [4.69, 9.17) is 5.73 Å². The number of nitrogens with two attached hydrogens (primary N) is 1. The molecule has 0 bridgehead atoms. The molecule has 15 heavy (non-hydrogen) atoms. The van der Waals surface area contributed by atoms with Crippen LogP contribution in [-0.2, 0) is 0 Å². The van der Waals surface area contributed by atoms with Gasteiger partial charge in [0, 0.05) is 6.54 Å². The molecule has 1 unspecified atom stereocenters. The molecule has 0 aromatic rings. The molecule has 0 aromatic heterocycles. The minimum absolute atomic E-state index is 0.393. The topological polar surface area (TPSA) is 46.2 Å². The molecule has 0 amide bonds. The van der Waals surface area contributed by atoms with E-state index in [-0.39, 0.29) is 0 Å². The van der Waals surface area contributed by atoms with Gasteiger partial charge in [-0.05, 0) is 37.2 Å². The first-order valence-corrected chi connectivity index (χ1v) is 7.34. The average molecular weight is 233 g/mol. The molecule has 3 N–H and O–H groups in total. The third-order valence-electron chi connectivity index (χ3n) is 2.86. The normalized spacial score (nSPS) is 15.2. The summed E-state index contributed by atoms with van der Waals surface area (Å²) in [5.41, 5.74) is 4.93. The molecule has 2 nitrogen and oxygen atoms in total. The van der Waals surface area contributed by atoms with Crippen LogP contribution in [0.4, 0.5) is 0 Å². The zero-order chi connectivity index (χ0) is 11.6. The first-order chi connectivity index (χ1) is 7.18. The van der Waals surface area contributed by atoms with Crippen molar-refractivity contribution in [1.29, 1.82) is 0 Å². The van der Waals surface area contributed by atoms with Gasteiger partial charge in [-0.2, -0.15) is 11.8 Å². The van der Waals surface area contributed by atoms with Gasteiger partial charge in [-0.3, -0.25) is 0 Å². The van der Waals surface area contributed by atoms with Crippen molar-refractivity contribution in [3.63, 3.8) is 0 Å². The maximum absolute atomic E-state index is 9.94. The molecule has 1 atom stereocenters. The second-order valence-electron chi connectivity index (χ2n) is 4.21. The monoisotopic (exact) mass is 233 g/mol. The van der Waals surface area contributed by atoms with E-state index in [1.165, 1.54) is 25.0 Å². The summed E-state index contributed by atoms with van der Waals surface area (Å²) in [7, 11) is 0. The lowest BCUT2D eigenvalue weighted by atomic mass is 9.95. The van der Waals surface area contributed by atoms with Gasteiger partial charge in [0.25, 0.3) is 0 Å². The summed E-state index contributed by atoms with van der Waals surface area (Å²) in [6.45, 7) is 4.62. The third kappa shape index (κ3) is 8.12. The molecule has 0 heterocycles. The summed E-state index contributed by atoms with van der Waals surface area (Å²) >= 11 is 2.00. The minimum atomic E-state index is -0.607. The van der Waals surface area contributed by atoms with Gasteiger partial charge in [0.05, 0.1) is 5.60 Å². The van der Waals surface area contributed by atoms with E-state index >= 15 is 0 Å². The van der Waals surface area contributed by atoms with E-state index < -0.39 is 5.60 Å². The van der Waals surface area contributed by atoms with Crippen LogP contribution < -0.4 is 5.73 Å². The quantitative estimate of drug-likeness (QED) is 0.570. The van der Waals surface area contributed by atoms with Crippen molar-refractivity contribution >= 4 is 11.8 Å². The van der Waals surface area contributed by atoms with Crippen LogP contribution in [0.25, 0.3) is 0 Å². The lowest BCUT2D eigenvalue weighted by Crippen LogP contribution is -2.36. The van der Waals surface area contributed by atoms with Gasteiger partial charge in [0.2, 0.25) is 0 Å². The van der Waals surface area contributed by atoms with Gasteiger partial charge in [-0.25, -0.2) is 0 Å². The highest BCUT2D eigenvalue weighted by Crippen LogP contribution is 2.18. The molecule has 0 spiro atoms. The van der Waals surface area contributed by atoms with E-state index in [0.29, 0.717) is 6.54 Å². The third-order valence-corrected chi connectivity index (χ3v) is 4.02. The Morgan fingerprint density at radius 3 is 2.33 bits per heavy atom. The summed E-state index contributed by atoms with van der Waals surface area (Å²) < 4.78 is 0. The summed E-state index contributed by atoms with van der Waals surface area (Å²) in [4.78, 5) is 0. The second-order valence-corrected chi connectivity index (χ2v) is 5.43. The Balaban J connectivity index is 3.29. The van der Waals surface area contributed by atoms with Crippen molar-refractivity contribution in [1.82, 2.24) is 0 Å². The van der Waals surface area contributed by atoms with Gasteiger partial charge in [-0.1, -0.05) is 26.7 Å². The van der Waals surface area contributed by atoms with Crippen molar-refractivity contribution < 1.29 is 5.11 Å². The molecule has 0 saturated carbocycles. The fraction of sp³-hybridized carbons (Fsp3) is 1.00. The fourth-order valence-corrected chi connectivity index (χ4v) is 2.44. The average Bonchev–Trinajstić information content (AvgIpc) is 2.27. The molecule has 0 radical (unpaired) electrons. The lowest BCUT2D eigenvalue weighted by Gasteiger charge is -2.24. The van der Waals surface area contributed by atoms with Gasteiger partial charge in [0.1, 0.15) is 0 Å². The summed E-state index contributed by atoms with van der Waals surface area (Å²) in [5.74, 6) is 2.42. The summed E-state index contributed by atoms with van der Waals surface area (Å²) in [5, 5.41) is 9.94. The van der Waals surface area contributed by atoms with Gasteiger partial charge >= 0.3 is 0 Å². The Morgan fingerprint density at radius 1 is 1.13 bits per heavy atom. The van der Waals surface area contributed by atoms with E-state index in [9.17, 15) is 5.11 Å². The molecular formula is C12H27NOS. The van der Waals surface area contributed by atoms with Crippen molar-refractivity contribution in [2.75, 3.05) is 18.1 Å². The molecule has 0 aliphatic carbocycles. The zero-order valence-corrected chi connectivity index (χ0v) is 11.1. The highest BCUT2D eigenvalue weighted by atomic mass is 32.2. The van der Waals surface area contributed by atoms with Crippen LogP contribution in [0.3, 0.4) is 0 Å². The minimum Gasteiger partial charge on any atom is -0.389 e. The number of rotatable bonds is 10. The first-order valence-electron chi connectivity index (χ1n) is 6.18. The summed E-state index contributed by atoms with van der Waals surface area (Å²) in [6.07, 6.45) is 6.66. The van der Waals surface area contributed by atoms with E-state index in [1.807, 2.05) is 18.7 Å². The number of aliphatic hydroxyl groups is 1. The smallest absolute Gasteiger partial charge is 0.0767 e. The number of hydrogen-bond donors (Lipinski definition) is 2. The number of unbranched alkanes of at least 4 members (excludes halogenated alkanes) is 2. The van der Waals surface area contributed by atoms with E-state index in [0.717, 1.165) is 25.0 Å². The number of thioether (sulfide) groups is 1. The molecule has 0 aliphatic heterocycles. The molecular weight excluding hydrogens is 206 g/mol. The first kappa shape index (κ1) is 15.3. The van der Waals surface area contributed by atoms with E-state index in [1.54, 1.807) is 0 Å². The molecule has 0 aromatic carbocycles. The Morgan fingerprint density at radius 2 is 1.80 bits per heavy atom. The predicted molar refractivity (Wildman–Crippen MR) is 70.4 cm³/mol. The van der Waals surface area contributed by atoms with Gasteiger partial charge < -0.3 is 10.8 Å². The van der Waals surface area contributed by atoms with Crippen LogP contribution in [-0.4, -0.2) is 28.8 Å². The van der Waals surface area contributed by atoms with Crippen LogP contribution in [0.2, 0.25) is 0 Å². The Hall–Kier alpha value is 0.270. The maximum atomic E-state index is 9.94. The molecule has 92 valence electrons.